The Kier molecular flexibility index (Phi) is 4.46. The van der Waals surface area contributed by atoms with Gasteiger partial charge in [-0.3, -0.25) is 4.79 Å². The molecule has 0 bridgehead atoms. The van der Waals surface area contributed by atoms with E-state index in [9.17, 15) is 9.18 Å². The number of carbonyl (C=O) groups is 1. The highest BCUT2D eigenvalue weighted by Gasteiger charge is 2.15. The number of aryl methyl sites for hydroxylation is 1. The molecule has 0 saturated carbocycles. The Morgan fingerprint density at radius 3 is 2.71 bits per heavy atom. The molecule has 2 aromatic carbocycles. The zero-order chi connectivity index (χ0) is 17.3. The number of aromatic nitrogens is 4. The summed E-state index contributed by atoms with van der Waals surface area (Å²) in [6.07, 6.45) is 0. The van der Waals surface area contributed by atoms with Gasteiger partial charge in [-0.05, 0) is 34.7 Å². The van der Waals surface area contributed by atoms with E-state index < -0.39 is 11.7 Å². The maximum Gasteiger partial charge on any atom is 0.257 e. The third kappa shape index (κ3) is 3.22. The zero-order valence-electron chi connectivity index (χ0n) is 12.3. The molecule has 0 fully saturated rings. The van der Waals surface area contributed by atoms with Crippen LogP contribution in [0, 0.1) is 5.82 Å². The monoisotopic (exact) mass is 365 g/mol. The van der Waals surface area contributed by atoms with E-state index in [2.05, 4.69) is 20.8 Å². The first-order valence-electron chi connectivity index (χ1n) is 6.74. The molecule has 0 unspecified atom stereocenters. The number of hydrogen-bond donors (Lipinski definition) is 1. The Labute approximate surface area is 146 Å². The number of nitrogens with zero attached hydrogens (tertiary/aromatic N) is 4. The van der Waals surface area contributed by atoms with Gasteiger partial charge in [-0.2, -0.15) is 0 Å². The van der Waals surface area contributed by atoms with Crippen LogP contribution in [0.4, 0.5) is 10.1 Å². The minimum atomic E-state index is -0.717. The number of nitrogens with one attached hydrogen (secondary N) is 1. The smallest absolute Gasteiger partial charge is 0.257 e. The first-order valence-corrected chi connectivity index (χ1v) is 7.50. The molecule has 1 amide bonds. The molecule has 3 aromatic rings. The summed E-state index contributed by atoms with van der Waals surface area (Å²) in [5.74, 6) is -0.726. The first-order chi connectivity index (χ1) is 11.5. The molecule has 0 atom stereocenters. The maximum absolute atomic E-state index is 13.6. The summed E-state index contributed by atoms with van der Waals surface area (Å²) in [5.41, 5.74) is 1.20. The van der Waals surface area contributed by atoms with E-state index in [0.29, 0.717) is 17.1 Å². The second-order valence-corrected chi connectivity index (χ2v) is 5.72. The molecular formula is C15H10Cl2FN5O. The Balaban J connectivity index is 1.88. The minimum absolute atomic E-state index is 0.00991. The molecule has 1 N–H and O–H groups in total. The largest absolute Gasteiger partial charge is 0.322 e. The van der Waals surface area contributed by atoms with E-state index in [1.165, 1.54) is 10.7 Å². The summed E-state index contributed by atoms with van der Waals surface area (Å²) >= 11 is 11.6. The summed E-state index contributed by atoms with van der Waals surface area (Å²) in [4.78, 5) is 12.3. The fourth-order valence-corrected chi connectivity index (χ4v) is 2.57. The summed E-state index contributed by atoms with van der Waals surface area (Å²) in [6, 6.07) is 9.11. The molecule has 0 aliphatic heterocycles. The quantitative estimate of drug-likeness (QED) is 0.720. The number of hydrogen-bond acceptors (Lipinski definition) is 4. The highest BCUT2D eigenvalue weighted by Crippen LogP contribution is 2.26. The van der Waals surface area contributed by atoms with E-state index >= 15 is 0 Å². The van der Waals surface area contributed by atoms with E-state index in [4.69, 9.17) is 23.2 Å². The lowest BCUT2D eigenvalue weighted by Crippen LogP contribution is -2.13. The van der Waals surface area contributed by atoms with Crippen LogP contribution in [0.3, 0.4) is 0 Å². The van der Waals surface area contributed by atoms with Crippen molar-refractivity contribution in [3.8, 4) is 11.4 Å². The maximum atomic E-state index is 13.6. The average Bonchev–Trinajstić information content (AvgIpc) is 2.97. The summed E-state index contributed by atoms with van der Waals surface area (Å²) in [5, 5.41) is 13.8. The first kappa shape index (κ1) is 16.4. The van der Waals surface area contributed by atoms with Crippen LogP contribution in [-0.2, 0) is 7.05 Å². The van der Waals surface area contributed by atoms with Gasteiger partial charge in [0.2, 0.25) is 0 Å². The second kappa shape index (κ2) is 6.54. The van der Waals surface area contributed by atoms with Crippen molar-refractivity contribution < 1.29 is 9.18 Å². The number of carbonyl (C=O) groups excluding carboxylic acids is 1. The van der Waals surface area contributed by atoms with E-state index in [1.807, 2.05) is 0 Å². The number of rotatable bonds is 3. The number of anilines is 1. The predicted molar refractivity (Wildman–Crippen MR) is 88.6 cm³/mol. The molecule has 1 aromatic heterocycles. The van der Waals surface area contributed by atoms with Crippen LogP contribution in [0.15, 0.2) is 36.4 Å². The summed E-state index contributed by atoms with van der Waals surface area (Å²) in [7, 11) is 1.71. The number of amides is 1. The van der Waals surface area contributed by atoms with Crippen molar-refractivity contribution >= 4 is 34.8 Å². The van der Waals surface area contributed by atoms with Crippen molar-refractivity contribution in [1.29, 1.82) is 0 Å². The lowest BCUT2D eigenvalue weighted by molar-refractivity contribution is 0.102. The van der Waals surface area contributed by atoms with Crippen molar-refractivity contribution in [2.24, 2.45) is 7.05 Å². The van der Waals surface area contributed by atoms with Crippen LogP contribution in [0.25, 0.3) is 11.4 Å². The van der Waals surface area contributed by atoms with Crippen LogP contribution in [0.2, 0.25) is 10.0 Å². The lowest BCUT2D eigenvalue weighted by Gasteiger charge is -2.09. The topological polar surface area (TPSA) is 72.7 Å². The van der Waals surface area contributed by atoms with Crippen molar-refractivity contribution in [3.63, 3.8) is 0 Å². The van der Waals surface area contributed by atoms with Crippen molar-refractivity contribution in [3.05, 3.63) is 57.8 Å². The highest BCUT2D eigenvalue weighted by atomic mass is 35.5. The summed E-state index contributed by atoms with van der Waals surface area (Å²) in [6.45, 7) is 0. The number of halogens is 3. The second-order valence-electron chi connectivity index (χ2n) is 4.91. The van der Waals surface area contributed by atoms with Crippen LogP contribution in [0.1, 0.15) is 10.4 Å². The van der Waals surface area contributed by atoms with Gasteiger partial charge in [-0.1, -0.05) is 35.3 Å². The molecule has 0 saturated heterocycles. The van der Waals surface area contributed by atoms with Gasteiger partial charge in [0.1, 0.15) is 5.82 Å². The van der Waals surface area contributed by atoms with Gasteiger partial charge >= 0.3 is 0 Å². The Morgan fingerprint density at radius 1 is 1.21 bits per heavy atom. The molecular weight excluding hydrogens is 356 g/mol. The molecule has 0 spiro atoms. The lowest BCUT2D eigenvalue weighted by atomic mass is 10.1. The Hall–Kier alpha value is -2.51. The van der Waals surface area contributed by atoms with Crippen molar-refractivity contribution in [2.45, 2.75) is 0 Å². The zero-order valence-corrected chi connectivity index (χ0v) is 13.8. The summed E-state index contributed by atoms with van der Waals surface area (Å²) < 4.78 is 15.1. The molecule has 122 valence electrons. The fraction of sp³-hybridized carbons (Fsp3) is 0.0667. The molecule has 3 rings (SSSR count). The van der Waals surface area contributed by atoms with E-state index in [-0.39, 0.29) is 15.6 Å². The van der Waals surface area contributed by atoms with Gasteiger partial charge in [0.15, 0.2) is 5.82 Å². The third-order valence-electron chi connectivity index (χ3n) is 3.25. The molecule has 24 heavy (non-hydrogen) atoms. The van der Waals surface area contributed by atoms with E-state index in [1.54, 1.807) is 31.3 Å². The van der Waals surface area contributed by atoms with Gasteiger partial charge in [-0.15, -0.1) is 5.10 Å². The van der Waals surface area contributed by atoms with Gasteiger partial charge in [0, 0.05) is 18.3 Å². The van der Waals surface area contributed by atoms with Crippen LogP contribution < -0.4 is 5.32 Å². The predicted octanol–water partition coefficient (Wildman–Crippen LogP) is 3.58. The molecule has 9 heteroatoms. The van der Waals surface area contributed by atoms with Crippen molar-refractivity contribution in [1.82, 2.24) is 20.2 Å². The van der Waals surface area contributed by atoms with Crippen LogP contribution in [0.5, 0.6) is 0 Å². The highest BCUT2D eigenvalue weighted by molar-refractivity contribution is 6.37. The fourth-order valence-electron chi connectivity index (χ4n) is 2.11. The van der Waals surface area contributed by atoms with Gasteiger partial charge in [0.25, 0.3) is 5.91 Å². The molecule has 1 heterocycles. The van der Waals surface area contributed by atoms with Crippen LogP contribution in [-0.4, -0.2) is 26.1 Å². The normalized spacial score (nSPS) is 10.7. The van der Waals surface area contributed by atoms with Gasteiger partial charge in [0.05, 0.1) is 15.6 Å². The van der Waals surface area contributed by atoms with Gasteiger partial charge < -0.3 is 5.32 Å². The van der Waals surface area contributed by atoms with Crippen molar-refractivity contribution in [2.75, 3.05) is 5.32 Å². The minimum Gasteiger partial charge on any atom is -0.322 e. The van der Waals surface area contributed by atoms with Crippen LogP contribution >= 0.6 is 23.2 Å². The number of tetrazole rings is 1. The molecule has 0 aliphatic carbocycles. The molecule has 6 nitrogen and oxygen atoms in total. The molecule has 0 aliphatic rings. The third-order valence-corrected chi connectivity index (χ3v) is 3.86. The Bertz CT molecular complexity index is 928. The number of benzene rings is 2. The standard InChI is InChI=1S/C15H10Cl2FN5O/c1-23-14(20-21-22-23)8-3-2-4-9(5-8)19-15(24)10-6-13(18)12(17)7-11(10)16/h2-7H,1H3,(H,19,24). The SMILES string of the molecule is Cn1nnnc1-c1cccc(NC(=O)c2cc(F)c(Cl)cc2Cl)c1. The van der Waals surface area contributed by atoms with E-state index in [0.717, 1.165) is 6.07 Å². The molecule has 0 radical (unpaired) electrons. The van der Waals surface area contributed by atoms with Gasteiger partial charge in [-0.25, -0.2) is 9.07 Å². The Morgan fingerprint density at radius 2 is 2.00 bits per heavy atom. The average molecular weight is 366 g/mol.